The molecular weight excluding hydrogens is 200 g/mol. The average molecular weight is 221 g/mol. The Balaban J connectivity index is 2.22. The maximum atomic E-state index is 13.0. The fourth-order valence-corrected chi connectivity index (χ4v) is 1.72. The van der Waals surface area contributed by atoms with E-state index in [9.17, 15) is 8.78 Å². The minimum atomic E-state index is -2.50. The Morgan fingerprint density at radius 1 is 1.33 bits per heavy atom. The fraction of sp³-hybridized carbons (Fsp3) is 1.00. The van der Waals surface area contributed by atoms with E-state index in [1.165, 1.54) is 0 Å². The lowest BCUT2D eigenvalue weighted by atomic mass is 10.1. The zero-order valence-electron chi connectivity index (χ0n) is 9.85. The largest absolute Gasteiger partial charge is 0.375 e. The first-order valence-corrected chi connectivity index (χ1v) is 5.53. The van der Waals surface area contributed by atoms with Gasteiger partial charge in [0.1, 0.15) is 0 Å². The zero-order valence-corrected chi connectivity index (χ0v) is 9.85. The average Bonchev–Trinajstić information content (AvgIpc) is 1.99. The molecule has 4 heteroatoms. The van der Waals surface area contributed by atoms with Gasteiger partial charge in [0.05, 0.1) is 18.8 Å². The smallest absolute Gasteiger partial charge is 0.260 e. The van der Waals surface area contributed by atoms with Gasteiger partial charge in [0.25, 0.3) is 5.92 Å². The summed E-state index contributed by atoms with van der Waals surface area (Å²) >= 11 is 0. The second-order valence-corrected chi connectivity index (χ2v) is 5.20. The van der Waals surface area contributed by atoms with Gasteiger partial charge in [-0.3, -0.25) is 4.90 Å². The Morgan fingerprint density at radius 2 is 2.00 bits per heavy atom. The van der Waals surface area contributed by atoms with Crippen molar-refractivity contribution in [3.8, 4) is 0 Å². The van der Waals surface area contributed by atoms with Crippen molar-refractivity contribution in [1.82, 2.24) is 4.90 Å². The predicted molar refractivity (Wildman–Crippen MR) is 56.3 cm³/mol. The summed E-state index contributed by atoms with van der Waals surface area (Å²) in [5.74, 6) is -2.50. The molecule has 0 aliphatic carbocycles. The third kappa shape index (κ3) is 5.42. The van der Waals surface area contributed by atoms with E-state index in [1.807, 2.05) is 20.8 Å². The van der Waals surface area contributed by atoms with Crippen LogP contribution in [0.25, 0.3) is 0 Å². The van der Waals surface area contributed by atoms with E-state index in [0.29, 0.717) is 19.6 Å². The third-order valence-corrected chi connectivity index (χ3v) is 2.41. The molecule has 90 valence electrons. The number of nitrogens with zero attached hydrogens (tertiary/aromatic N) is 1. The first kappa shape index (κ1) is 12.8. The molecule has 0 aromatic carbocycles. The summed E-state index contributed by atoms with van der Waals surface area (Å²) < 4.78 is 31.6. The normalized spacial score (nSPS) is 23.0. The molecule has 0 spiro atoms. The Bertz CT molecular complexity index is 201. The zero-order chi connectivity index (χ0) is 11.5. The molecule has 0 saturated carbocycles. The molecule has 0 bridgehead atoms. The Hall–Kier alpha value is -0.220. The van der Waals surface area contributed by atoms with Crippen molar-refractivity contribution >= 4 is 0 Å². The summed E-state index contributed by atoms with van der Waals surface area (Å²) in [6.45, 7) is 7.70. The van der Waals surface area contributed by atoms with Gasteiger partial charge >= 0.3 is 0 Å². The van der Waals surface area contributed by atoms with Gasteiger partial charge in [-0.05, 0) is 33.7 Å². The summed E-state index contributed by atoms with van der Waals surface area (Å²) in [6.07, 6.45) is 0.617. The topological polar surface area (TPSA) is 12.5 Å². The lowest BCUT2D eigenvalue weighted by Gasteiger charge is -2.33. The van der Waals surface area contributed by atoms with Crippen LogP contribution in [0.5, 0.6) is 0 Å². The molecule has 0 amide bonds. The van der Waals surface area contributed by atoms with Crippen molar-refractivity contribution in [2.75, 3.05) is 26.2 Å². The highest BCUT2D eigenvalue weighted by atomic mass is 19.3. The van der Waals surface area contributed by atoms with Gasteiger partial charge in [0.2, 0.25) is 0 Å². The maximum absolute atomic E-state index is 13.0. The maximum Gasteiger partial charge on any atom is 0.260 e. The molecule has 0 aromatic heterocycles. The number of hydrogen-bond acceptors (Lipinski definition) is 2. The molecule has 15 heavy (non-hydrogen) atoms. The third-order valence-electron chi connectivity index (χ3n) is 2.41. The van der Waals surface area contributed by atoms with Crippen LogP contribution >= 0.6 is 0 Å². The number of piperidine rings is 1. The highest BCUT2D eigenvalue weighted by Crippen LogP contribution is 2.26. The summed E-state index contributed by atoms with van der Waals surface area (Å²) in [6, 6.07) is 0. The second kappa shape index (κ2) is 4.74. The highest BCUT2D eigenvalue weighted by Gasteiger charge is 2.34. The first-order chi connectivity index (χ1) is 6.79. The Morgan fingerprint density at radius 3 is 2.53 bits per heavy atom. The van der Waals surface area contributed by atoms with Crippen molar-refractivity contribution in [3.05, 3.63) is 0 Å². The van der Waals surface area contributed by atoms with Crippen LogP contribution in [0.1, 0.15) is 33.6 Å². The molecule has 1 fully saturated rings. The van der Waals surface area contributed by atoms with Gasteiger partial charge in [-0.15, -0.1) is 0 Å². The molecule has 1 rings (SSSR count). The van der Waals surface area contributed by atoms with E-state index in [1.54, 1.807) is 4.90 Å². The van der Waals surface area contributed by atoms with Crippen LogP contribution in [0.4, 0.5) is 8.78 Å². The number of rotatable bonds is 3. The van der Waals surface area contributed by atoms with Crippen LogP contribution < -0.4 is 0 Å². The molecule has 0 unspecified atom stereocenters. The van der Waals surface area contributed by atoms with Crippen molar-refractivity contribution in [2.24, 2.45) is 0 Å². The number of likely N-dealkylation sites (tertiary alicyclic amines) is 1. The van der Waals surface area contributed by atoms with Crippen LogP contribution in [-0.2, 0) is 4.74 Å². The summed E-state index contributed by atoms with van der Waals surface area (Å²) in [5, 5.41) is 0. The number of halogens is 2. The van der Waals surface area contributed by atoms with Crippen LogP contribution in [0.15, 0.2) is 0 Å². The van der Waals surface area contributed by atoms with E-state index in [-0.39, 0.29) is 18.6 Å². The molecule has 1 aliphatic rings. The van der Waals surface area contributed by atoms with Crippen molar-refractivity contribution in [3.63, 3.8) is 0 Å². The molecule has 0 radical (unpaired) electrons. The van der Waals surface area contributed by atoms with E-state index in [4.69, 9.17) is 4.74 Å². The van der Waals surface area contributed by atoms with Crippen LogP contribution in [0.2, 0.25) is 0 Å². The first-order valence-electron chi connectivity index (χ1n) is 5.53. The van der Waals surface area contributed by atoms with Crippen LogP contribution in [0, 0.1) is 0 Å². The summed E-state index contributed by atoms with van der Waals surface area (Å²) in [7, 11) is 0. The number of hydrogen-bond donors (Lipinski definition) is 0. The van der Waals surface area contributed by atoms with E-state index in [2.05, 4.69) is 0 Å². The van der Waals surface area contributed by atoms with Crippen LogP contribution in [0.3, 0.4) is 0 Å². The van der Waals surface area contributed by atoms with Gasteiger partial charge in [-0.1, -0.05) is 0 Å². The molecule has 0 atom stereocenters. The number of ether oxygens (including phenoxy) is 1. The Labute approximate surface area is 90.6 Å². The van der Waals surface area contributed by atoms with E-state index >= 15 is 0 Å². The SMILES string of the molecule is CC(C)(C)OCCN1CCCC(F)(F)C1. The fourth-order valence-electron chi connectivity index (χ4n) is 1.72. The van der Waals surface area contributed by atoms with Crippen molar-refractivity contribution in [2.45, 2.75) is 45.1 Å². The Kier molecular flexibility index (Phi) is 4.06. The number of alkyl halides is 2. The minimum Gasteiger partial charge on any atom is -0.375 e. The molecule has 1 heterocycles. The lowest BCUT2D eigenvalue weighted by Crippen LogP contribution is -2.44. The second-order valence-electron chi connectivity index (χ2n) is 5.20. The summed E-state index contributed by atoms with van der Waals surface area (Å²) in [5.41, 5.74) is -0.182. The van der Waals surface area contributed by atoms with Gasteiger partial charge < -0.3 is 4.74 Å². The molecule has 0 N–H and O–H groups in total. The minimum absolute atomic E-state index is 0.0314. The summed E-state index contributed by atoms with van der Waals surface area (Å²) in [4.78, 5) is 1.79. The highest BCUT2D eigenvalue weighted by molar-refractivity contribution is 4.78. The molecule has 0 aromatic rings. The quantitative estimate of drug-likeness (QED) is 0.726. The predicted octanol–water partition coefficient (Wildman–Crippen LogP) is 2.53. The van der Waals surface area contributed by atoms with Gasteiger partial charge in [-0.25, -0.2) is 8.78 Å². The van der Waals surface area contributed by atoms with Crippen LogP contribution in [-0.4, -0.2) is 42.7 Å². The van der Waals surface area contributed by atoms with Gasteiger partial charge in [0, 0.05) is 13.0 Å². The van der Waals surface area contributed by atoms with Crippen molar-refractivity contribution < 1.29 is 13.5 Å². The van der Waals surface area contributed by atoms with E-state index in [0.717, 1.165) is 6.54 Å². The molecule has 2 nitrogen and oxygen atoms in total. The van der Waals surface area contributed by atoms with Gasteiger partial charge in [-0.2, -0.15) is 0 Å². The van der Waals surface area contributed by atoms with Gasteiger partial charge in [0.15, 0.2) is 0 Å². The molecular formula is C11H21F2NO. The molecule has 1 saturated heterocycles. The standard InChI is InChI=1S/C11H21F2NO/c1-10(2,3)15-8-7-14-6-4-5-11(12,13)9-14/h4-9H2,1-3H3. The monoisotopic (exact) mass is 221 g/mol. The molecule has 1 aliphatic heterocycles. The van der Waals surface area contributed by atoms with E-state index < -0.39 is 5.92 Å². The lowest BCUT2D eigenvalue weighted by molar-refractivity contribution is -0.0765. The van der Waals surface area contributed by atoms with Crippen molar-refractivity contribution in [1.29, 1.82) is 0 Å².